The summed E-state index contributed by atoms with van der Waals surface area (Å²) in [6.45, 7) is 3.35. The Hall–Kier alpha value is -1.32. The molecule has 0 radical (unpaired) electrons. The standard InChI is InChI=1S/C10H12ClN3O2S/c1-3-9(5-12)17(15,16)14-8-4-7(2)10(11)13-6-8/h4,6,9,14H,3H2,1-2H3. The molecule has 0 aromatic carbocycles. The minimum Gasteiger partial charge on any atom is -0.281 e. The molecule has 7 heteroatoms. The van der Waals surface area contributed by atoms with Gasteiger partial charge in [0.05, 0.1) is 18.0 Å². The molecular weight excluding hydrogens is 262 g/mol. The van der Waals surface area contributed by atoms with Gasteiger partial charge in [0.25, 0.3) is 0 Å². The molecule has 0 fully saturated rings. The third-order valence-corrected chi connectivity index (χ3v) is 4.27. The number of nitriles is 1. The van der Waals surface area contributed by atoms with Crippen LogP contribution >= 0.6 is 11.6 Å². The molecule has 1 aromatic rings. The van der Waals surface area contributed by atoms with Crippen molar-refractivity contribution in [2.75, 3.05) is 4.72 Å². The van der Waals surface area contributed by atoms with Crippen LogP contribution < -0.4 is 4.72 Å². The molecule has 0 saturated carbocycles. The van der Waals surface area contributed by atoms with Crippen molar-refractivity contribution in [2.24, 2.45) is 0 Å². The summed E-state index contributed by atoms with van der Waals surface area (Å²) in [4.78, 5) is 3.83. The molecule has 1 rings (SSSR count). The summed E-state index contributed by atoms with van der Waals surface area (Å²) in [7, 11) is -3.70. The SMILES string of the molecule is CCC(C#N)S(=O)(=O)Nc1cnc(Cl)c(C)c1. The fourth-order valence-electron chi connectivity index (χ4n) is 1.23. The van der Waals surface area contributed by atoms with E-state index in [2.05, 4.69) is 9.71 Å². The van der Waals surface area contributed by atoms with E-state index in [-0.39, 0.29) is 6.42 Å². The number of nitrogens with one attached hydrogen (secondary N) is 1. The minimum atomic E-state index is -3.70. The molecule has 1 N–H and O–H groups in total. The van der Waals surface area contributed by atoms with E-state index in [0.29, 0.717) is 16.4 Å². The fourth-order valence-corrected chi connectivity index (χ4v) is 2.49. The largest absolute Gasteiger partial charge is 0.281 e. The average Bonchev–Trinajstić information content (AvgIpc) is 2.24. The van der Waals surface area contributed by atoms with E-state index in [1.807, 2.05) is 0 Å². The number of aryl methyl sites for hydroxylation is 1. The van der Waals surface area contributed by atoms with Gasteiger partial charge < -0.3 is 0 Å². The van der Waals surface area contributed by atoms with Gasteiger partial charge in [0.1, 0.15) is 5.15 Å². The van der Waals surface area contributed by atoms with Crippen molar-refractivity contribution in [2.45, 2.75) is 25.5 Å². The lowest BCUT2D eigenvalue weighted by Gasteiger charge is -2.11. The Bertz CT molecular complexity index is 551. The fraction of sp³-hybridized carbons (Fsp3) is 0.400. The predicted octanol–water partition coefficient (Wildman–Crippen LogP) is 2.09. The minimum absolute atomic E-state index is 0.228. The molecule has 1 unspecified atom stereocenters. The molecule has 1 heterocycles. The number of pyridine rings is 1. The maximum atomic E-state index is 11.8. The number of rotatable bonds is 4. The normalized spacial score (nSPS) is 12.8. The topological polar surface area (TPSA) is 82.8 Å². The lowest BCUT2D eigenvalue weighted by atomic mass is 10.3. The van der Waals surface area contributed by atoms with Crippen molar-refractivity contribution in [3.63, 3.8) is 0 Å². The molecule has 17 heavy (non-hydrogen) atoms. The first kappa shape index (κ1) is 13.7. The zero-order valence-electron chi connectivity index (χ0n) is 9.44. The van der Waals surface area contributed by atoms with Crippen molar-refractivity contribution in [1.82, 2.24) is 4.98 Å². The van der Waals surface area contributed by atoms with Crippen LogP contribution in [-0.4, -0.2) is 18.7 Å². The van der Waals surface area contributed by atoms with Crippen LogP contribution in [0.4, 0.5) is 5.69 Å². The molecule has 0 aliphatic rings. The van der Waals surface area contributed by atoms with Gasteiger partial charge in [0.2, 0.25) is 10.0 Å². The Labute approximate surface area is 105 Å². The lowest BCUT2D eigenvalue weighted by molar-refractivity contribution is 0.593. The highest BCUT2D eigenvalue weighted by Gasteiger charge is 2.23. The van der Waals surface area contributed by atoms with Gasteiger partial charge in [0.15, 0.2) is 5.25 Å². The second kappa shape index (κ2) is 5.34. The number of sulfonamides is 1. The molecule has 5 nitrogen and oxygen atoms in total. The number of hydrogen-bond acceptors (Lipinski definition) is 4. The quantitative estimate of drug-likeness (QED) is 0.852. The Morgan fingerprint density at radius 2 is 2.29 bits per heavy atom. The van der Waals surface area contributed by atoms with E-state index < -0.39 is 15.3 Å². The van der Waals surface area contributed by atoms with Crippen molar-refractivity contribution in [3.05, 3.63) is 23.0 Å². The van der Waals surface area contributed by atoms with E-state index in [0.717, 1.165) is 0 Å². The first-order valence-electron chi connectivity index (χ1n) is 4.94. The van der Waals surface area contributed by atoms with Gasteiger partial charge in [-0.1, -0.05) is 18.5 Å². The highest BCUT2D eigenvalue weighted by Crippen LogP contribution is 2.18. The van der Waals surface area contributed by atoms with Crippen LogP contribution in [-0.2, 0) is 10.0 Å². The maximum Gasteiger partial charge on any atom is 0.249 e. The van der Waals surface area contributed by atoms with Crippen molar-refractivity contribution >= 4 is 27.3 Å². The van der Waals surface area contributed by atoms with E-state index >= 15 is 0 Å². The molecule has 0 aliphatic heterocycles. The zero-order valence-corrected chi connectivity index (χ0v) is 11.0. The molecular formula is C10H12ClN3O2S. The number of aromatic nitrogens is 1. The van der Waals surface area contributed by atoms with Gasteiger partial charge in [-0.15, -0.1) is 0 Å². The van der Waals surface area contributed by atoms with Crippen LogP contribution in [0.15, 0.2) is 12.3 Å². The van der Waals surface area contributed by atoms with Gasteiger partial charge in [0, 0.05) is 0 Å². The summed E-state index contributed by atoms with van der Waals surface area (Å²) in [5, 5.41) is 7.98. The van der Waals surface area contributed by atoms with E-state index in [9.17, 15) is 8.42 Å². The Morgan fingerprint density at radius 3 is 2.76 bits per heavy atom. The first-order chi connectivity index (χ1) is 7.90. The maximum absolute atomic E-state index is 11.8. The lowest BCUT2D eigenvalue weighted by Crippen LogP contribution is -2.26. The first-order valence-corrected chi connectivity index (χ1v) is 6.86. The van der Waals surface area contributed by atoms with Crippen molar-refractivity contribution < 1.29 is 8.42 Å². The molecule has 0 spiro atoms. The number of hydrogen-bond donors (Lipinski definition) is 1. The summed E-state index contributed by atoms with van der Waals surface area (Å²) in [6.07, 6.45) is 1.54. The molecule has 1 atom stereocenters. The second-order valence-corrected chi connectivity index (χ2v) is 5.73. The zero-order chi connectivity index (χ0) is 13.1. The average molecular weight is 274 g/mol. The molecule has 92 valence electrons. The highest BCUT2D eigenvalue weighted by atomic mass is 35.5. The number of anilines is 1. The van der Waals surface area contributed by atoms with Crippen molar-refractivity contribution in [1.29, 1.82) is 5.26 Å². The van der Waals surface area contributed by atoms with Crippen molar-refractivity contribution in [3.8, 4) is 6.07 Å². The molecule has 0 saturated heterocycles. The highest BCUT2D eigenvalue weighted by molar-refractivity contribution is 7.93. The summed E-state index contributed by atoms with van der Waals surface area (Å²) in [5.74, 6) is 0. The summed E-state index contributed by atoms with van der Waals surface area (Å²) >= 11 is 5.73. The van der Waals surface area contributed by atoms with Gasteiger partial charge in [-0.3, -0.25) is 4.72 Å². The van der Waals surface area contributed by atoms with Gasteiger partial charge in [-0.25, -0.2) is 13.4 Å². The van der Waals surface area contributed by atoms with E-state index in [1.165, 1.54) is 6.20 Å². The second-order valence-electron chi connectivity index (χ2n) is 3.50. The van der Waals surface area contributed by atoms with E-state index in [4.69, 9.17) is 16.9 Å². The van der Waals surface area contributed by atoms with Crippen LogP contribution in [0.1, 0.15) is 18.9 Å². The van der Waals surface area contributed by atoms with Gasteiger partial charge in [-0.05, 0) is 25.0 Å². The van der Waals surface area contributed by atoms with Crippen LogP contribution in [0, 0.1) is 18.3 Å². The molecule has 1 aromatic heterocycles. The Kier molecular flexibility index (Phi) is 4.32. The number of halogens is 1. The van der Waals surface area contributed by atoms with Gasteiger partial charge in [-0.2, -0.15) is 5.26 Å². The smallest absolute Gasteiger partial charge is 0.249 e. The Morgan fingerprint density at radius 1 is 1.65 bits per heavy atom. The third-order valence-electron chi connectivity index (χ3n) is 2.16. The van der Waals surface area contributed by atoms with Crippen LogP contribution in [0.3, 0.4) is 0 Å². The van der Waals surface area contributed by atoms with E-state index in [1.54, 1.807) is 26.0 Å². The van der Waals surface area contributed by atoms with Gasteiger partial charge >= 0.3 is 0 Å². The van der Waals surface area contributed by atoms with Crippen LogP contribution in [0.2, 0.25) is 5.15 Å². The summed E-state index contributed by atoms with van der Waals surface area (Å²) < 4.78 is 25.8. The Balaban J connectivity index is 2.99. The molecule has 0 bridgehead atoms. The van der Waals surface area contributed by atoms with Crippen LogP contribution in [0.25, 0.3) is 0 Å². The molecule has 0 amide bonds. The summed E-state index contributed by atoms with van der Waals surface area (Å²) in [5.41, 5.74) is 0.970. The number of nitrogens with zero attached hydrogens (tertiary/aromatic N) is 2. The molecule has 0 aliphatic carbocycles. The van der Waals surface area contributed by atoms with Crippen LogP contribution in [0.5, 0.6) is 0 Å². The monoisotopic (exact) mass is 273 g/mol. The predicted molar refractivity (Wildman–Crippen MR) is 66.2 cm³/mol. The third kappa shape index (κ3) is 3.32. The summed E-state index contributed by atoms with van der Waals surface area (Å²) in [6, 6.07) is 3.31.